The van der Waals surface area contributed by atoms with Crippen LogP contribution in [0.25, 0.3) is 10.6 Å². The SMILES string of the molecule is Cc1ccc(-c2nc(COC(=O)[C@H](C)N3C(=O)[C@H]4CC=CC[C@@H]4C3=O)cs2)cc1. The minimum absolute atomic E-state index is 0.0101. The molecular weight excluding hydrogens is 388 g/mol. The number of rotatable bonds is 5. The van der Waals surface area contributed by atoms with Crippen molar-refractivity contribution in [1.82, 2.24) is 9.88 Å². The van der Waals surface area contributed by atoms with Crippen molar-refractivity contribution in [2.45, 2.75) is 39.3 Å². The Balaban J connectivity index is 1.38. The zero-order valence-corrected chi connectivity index (χ0v) is 17.1. The van der Waals surface area contributed by atoms with Crippen LogP contribution in [0.3, 0.4) is 0 Å². The van der Waals surface area contributed by atoms with Crippen LogP contribution < -0.4 is 0 Å². The van der Waals surface area contributed by atoms with Crippen molar-refractivity contribution < 1.29 is 19.1 Å². The van der Waals surface area contributed by atoms with Crippen molar-refractivity contribution in [3.05, 3.63) is 53.1 Å². The summed E-state index contributed by atoms with van der Waals surface area (Å²) in [4.78, 5) is 43.3. The lowest BCUT2D eigenvalue weighted by molar-refractivity contribution is -0.159. The molecule has 2 aliphatic rings. The number of hydrogen-bond donors (Lipinski definition) is 0. The average Bonchev–Trinajstić information content (AvgIpc) is 3.30. The number of hydrogen-bond acceptors (Lipinski definition) is 6. The molecule has 4 rings (SSSR count). The first-order chi connectivity index (χ1) is 14.0. The summed E-state index contributed by atoms with van der Waals surface area (Å²) in [6.07, 6.45) is 4.95. The Labute approximate surface area is 173 Å². The highest BCUT2D eigenvalue weighted by Crippen LogP contribution is 2.36. The number of esters is 1. The van der Waals surface area contributed by atoms with Crippen molar-refractivity contribution in [3.63, 3.8) is 0 Å². The van der Waals surface area contributed by atoms with Gasteiger partial charge in [-0.1, -0.05) is 42.0 Å². The van der Waals surface area contributed by atoms with Crippen LogP contribution >= 0.6 is 11.3 Å². The van der Waals surface area contributed by atoms with Gasteiger partial charge < -0.3 is 4.74 Å². The number of thiazole rings is 1. The number of imide groups is 1. The van der Waals surface area contributed by atoms with Gasteiger partial charge >= 0.3 is 5.97 Å². The molecule has 6 nitrogen and oxygen atoms in total. The predicted octanol–water partition coefficient (Wildman–Crippen LogP) is 3.50. The number of aryl methyl sites for hydroxylation is 1. The van der Waals surface area contributed by atoms with E-state index in [-0.39, 0.29) is 30.3 Å². The molecule has 2 aromatic rings. The smallest absolute Gasteiger partial charge is 0.329 e. The second-order valence-electron chi connectivity index (χ2n) is 7.50. The third-order valence-corrected chi connectivity index (χ3v) is 6.42. The van der Waals surface area contributed by atoms with Crippen molar-refractivity contribution in [2.24, 2.45) is 11.8 Å². The first-order valence-corrected chi connectivity index (χ1v) is 10.5. The standard InChI is InChI=1S/C22H22N2O4S/c1-13-7-9-15(10-8-13)19-23-16(12-29-19)11-28-22(27)14(2)24-20(25)17-5-3-4-6-18(17)21(24)26/h3-4,7-10,12,14,17-18H,5-6,11H2,1-2H3/t14-,17-,18-/m0/s1. The van der Waals surface area contributed by atoms with E-state index in [0.717, 1.165) is 15.5 Å². The summed E-state index contributed by atoms with van der Waals surface area (Å²) in [6.45, 7) is 3.58. The average molecular weight is 410 g/mol. The number of amides is 2. The van der Waals surface area contributed by atoms with Gasteiger partial charge in [0.2, 0.25) is 11.8 Å². The molecule has 0 radical (unpaired) electrons. The van der Waals surface area contributed by atoms with Crippen molar-refractivity contribution in [3.8, 4) is 10.6 Å². The molecule has 3 atom stereocenters. The van der Waals surface area contributed by atoms with Crippen LogP contribution in [0.2, 0.25) is 0 Å². The molecule has 1 aromatic carbocycles. The number of nitrogens with zero attached hydrogens (tertiary/aromatic N) is 2. The number of aromatic nitrogens is 1. The zero-order chi connectivity index (χ0) is 20.5. The Kier molecular flexibility index (Phi) is 5.32. The van der Waals surface area contributed by atoms with E-state index in [1.165, 1.54) is 16.9 Å². The van der Waals surface area contributed by atoms with Crippen LogP contribution in [0.5, 0.6) is 0 Å². The molecule has 0 spiro atoms. The summed E-state index contributed by atoms with van der Waals surface area (Å²) in [5, 5.41) is 2.70. The minimum atomic E-state index is -0.934. The van der Waals surface area contributed by atoms with E-state index in [4.69, 9.17) is 4.74 Å². The van der Waals surface area contributed by atoms with E-state index < -0.39 is 12.0 Å². The highest BCUT2D eigenvalue weighted by molar-refractivity contribution is 7.13. The van der Waals surface area contributed by atoms with Crippen LogP contribution in [0.15, 0.2) is 41.8 Å². The Morgan fingerprint density at radius 3 is 2.41 bits per heavy atom. The van der Waals surface area contributed by atoms with Gasteiger partial charge in [0.05, 0.1) is 17.5 Å². The molecule has 0 unspecified atom stereocenters. The summed E-state index contributed by atoms with van der Waals surface area (Å²) in [5.41, 5.74) is 2.83. The van der Waals surface area contributed by atoms with Gasteiger partial charge in [0.15, 0.2) is 0 Å². The van der Waals surface area contributed by atoms with E-state index in [9.17, 15) is 14.4 Å². The second kappa shape index (κ2) is 7.91. The zero-order valence-electron chi connectivity index (χ0n) is 16.3. The largest absolute Gasteiger partial charge is 0.458 e. The Morgan fingerprint density at radius 1 is 1.17 bits per heavy atom. The lowest BCUT2D eigenvalue weighted by Gasteiger charge is -2.21. The van der Waals surface area contributed by atoms with Crippen LogP contribution in [-0.4, -0.2) is 33.7 Å². The van der Waals surface area contributed by atoms with Crippen molar-refractivity contribution >= 4 is 29.1 Å². The first kappa shape index (κ1) is 19.5. The fraction of sp³-hybridized carbons (Fsp3) is 0.364. The van der Waals surface area contributed by atoms with Gasteiger partial charge in [-0.2, -0.15) is 0 Å². The summed E-state index contributed by atoms with van der Waals surface area (Å²) in [5.74, 6) is -1.84. The van der Waals surface area contributed by atoms with Gasteiger partial charge in [-0.05, 0) is 26.7 Å². The summed E-state index contributed by atoms with van der Waals surface area (Å²) in [6, 6.07) is 7.12. The molecule has 1 aliphatic heterocycles. The normalized spacial score (nSPS) is 21.9. The van der Waals surface area contributed by atoms with E-state index in [1.807, 2.05) is 48.7 Å². The highest BCUT2D eigenvalue weighted by Gasteiger charge is 2.50. The number of carbonyl (C=O) groups excluding carboxylic acids is 3. The number of likely N-dealkylation sites (tertiary alicyclic amines) is 1. The number of ether oxygens (including phenoxy) is 1. The van der Waals surface area contributed by atoms with Crippen LogP contribution in [0.1, 0.15) is 31.0 Å². The third-order valence-electron chi connectivity index (χ3n) is 5.48. The van der Waals surface area contributed by atoms with E-state index in [0.29, 0.717) is 18.5 Å². The van der Waals surface area contributed by atoms with Gasteiger partial charge in [-0.3, -0.25) is 14.5 Å². The van der Waals surface area contributed by atoms with E-state index >= 15 is 0 Å². The van der Waals surface area contributed by atoms with Crippen molar-refractivity contribution in [2.75, 3.05) is 0 Å². The molecule has 0 N–H and O–H groups in total. The number of allylic oxidation sites excluding steroid dienone is 2. The summed E-state index contributed by atoms with van der Waals surface area (Å²) >= 11 is 1.48. The van der Waals surface area contributed by atoms with Gasteiger partial charge in [0, 0.05) is 10.9 Å². The maximum atomic E-state index is 12.6. The molecule has 2 amide bonds. The topological polar surface area (TPSA) is 76.6 Å². The number of fused-ring (bicyclic) bond motifs is 1. The molecule has 1 aromatic heterocycles. The van der Waals surface area contributed by atoms with Gasteiger partial charge in [0.25, 0.3) is 0 Å². The number of benzene rings is 1. The molecule has 1 saturated heterocycles. The maximum Gasteiger partial charge on any atom is 0.329 e. The highest BCUT2D eigenvalue weighted by atomic mass is 32.1. The Morgan fingerprint density at radius 2 is 1.79 bits per heavy atom. The van der Waals surface area contributed by atoms with Crippen molar-refractivity contribution in [1.29, 1.82) is 0 Å². The van der Waals surface area contributed by atoms with Gasteiger partial charge in [-0.25, -0.2) is 9.78 Å². The fourth-order valence-electron chi connectivity index (χ4n) is 3.78. The van der Waals surface area contributed by atoms with Gasteiger partial charge in [-0.15, -0.1) is 11.3 Å². The van der Waals surface area contributed by atoms with Gasteiger partial charge in [0.1, 0.15) is 17.7 Å². The molecular formula is C22H22N2O4S. The van der Waals surface area contributed by atoms with E-state index in [1.54, 1.807) is 6.92 Å². The number of carbonyl (C=O) groups is 3. The molecule has 150 valence electrons. The second-order valence-corrected chi connectivity index (χ2v) is 8.35. The Hall–Kier alpha value is -2.80. The molecule has 7 heteroatoms. The molecule has 1 aliphatic carbocycles. The quantitative estimate of drug-likeness (QED) is 0.428. The van der Waals surface area contributed by atoms with Crippen LogP contribution in [-0.2, 0) is 25.7 Å². The first-order valence-electron chi connectivity index (χ1n) is 9.65. The Bertz CT molecular complexity index is 953. The molecule has 2 heterocycles. The monoisotopic (exact) mass is 410 g/mol. The summed E-state index contributed by atoms with van der Waals surface area (Å²) in [7, 11) is 0. The van der Waals surface area contributed by atoms with E-state index in [2.05, 4.69) is 4.98 Å². The fourth-order valence-corrected chi connectivity index (χ4v) is 4.59. The molecule has 29 heavy (non-hydrogen) atoms. The van der Waals surface area contributed by atoms with Crippen LogP contribution in [0.4, 0.5) is 0 Å². The summed E-state index contributed by atoms with van der Waals surface area (Å²) < 4.78 is 5.36. The van der Waals surface area contributed by atoms with Crippen LogP contribution in [0, 0.1) is 18.8 Å². The molecule has 0 saturated carbocycles. The third kappa shape index (κ3) is 3.74. The lowest BCUT2D eigenvalue weighted by Crippen LogP contribution is -2.44. The minimum Gasteiger partial charge on any atom is -0.458 e. The molecule has 0 bridgehead atoms. The maximum absolute atomic E-state index is 12.6. The predicted molar refractivity (Wildman–Crippen MR) is 109 cm³/mol. The lowest BCUT2D eigenvalue weighted by atomic mass is 9.85. The molecule has 1 fully saturated rings.